The predicted octanol–water partition coefficient (Wildman–Crippen LogP) is 2.91. The first-order valence-corrected chi connectivity index (χ1v) is 8.12. The van der Waals surface area contributed by atoms with Gasteiger partial charge in [-0.15, -0.1) is 0 Å². The highest BCUT2D eigenvalue weighted by Crippen LogP contribution is 2.38. The van der Waals surface area contributed by atoms with Gasteiger partial charge >= 0.3 is 5.69 Å². The van der Waals surface area contributed by atoms with Crippen molar-refractivity contribution in [2.24, 2.45) is 0 Å². The number of fused-ring (bicyclic) bond motifs is 1. The number of nitro groups is 1. The Kier molecular flexibility index (Phi) is 4.59. The van der Waals surface area contributed by atoms with Crippen LogP contribution in [0.5, 0.6) is 5.75 Å². The normalized spacial score (nSPS) is 13.5. The Bertz CT molecular complexity index is 763. The van der Waals surface area contributed by atoms with E-state index >= 15 is 0 Å². The van der Waals surface area contributed by atoms with Gasteiger partial charge in [0.2, 0.25) is 0 Å². The number of nitrogens with zero attached hydrogens (tertiary/aromatic N) is 4. The van der Waals surface area contributed by atoms with Crippen LogP contribution in [0, 0.1) is 10.1 Å². The minimum absolute atomic E-state index is 0.0209. The lowest BCUT2D eigenvalue weighted by molar-refractivity contribution is -0.385. The summed E-state index contributed by atoms with van der Waals surface area (Å²) >= 11 is 0. The number of aromatic nitrogens is 2. The standard InChI is InChI=1S/C17H20N4O3/c1-3-16-18-10-12-8-9-20(11-13(12)19-16)14-6-5-7-15(24-4-2)17(14)21(22)23/h5-7,10H,3-4,8-9,11H2,1-2H3. The van der Waals surface area contributed by atoms with Crippen molar-refractivity contribution in [2.45, 2.75) is 33.2 Å². The molecule has 1 aromatic carbocycles. The number of para-hydroxylation sites is 1. The molecular formula is C17H20N4O3. The summed E-state index contributed by atoms with van der Waals surface area (Å²) in [6, 6.07) is 5.20. The largest absolute Gasteiger partial charge is 0.487 e. The summed E-state index contributed by atoms with van der Waals surface area (Å²) < 4.78 is 5.44. The van der Waals surface area contributed by atoms with E-state index in [1.165, 1.54) is 0 Å². The minimum atomic E-state index is -0.368. The molecule has 3 rings (SSSR count). The van der Waals surface area contributed by atoms with E-state index in [-0.39, 0.29) is 10.6 Å². The van der Waals surface area contributed by atoms with Gasteiger partial charge in [0, 0.05) is 19.2 Å². The van der Waals surface area contributed by atoms with Crippen LogP contribution in [0.1, 0.15) is 30.9 Å². The first kappa shape index (κ1) is 16.2. The van der Waals surface area contributed by atoms with Gasteiger partial charge in [-0.25, -0.2) is 9.97 Å². The third-order valence-electron chi connectivity index (χ3n) is 4.11. The number of nitro benzene ring substituents is 1. The second-order valence-corrected chi connectivity index (χ2v) is 5.60. The van der Waals surface area contributed by atoms with Crippen LogP contribution in [-0.4, -0.2) is 28.0 Å². The molecule has 0 N–H and O–H groups in total. The van der Waals surface area contributed by atoms with Gasteiger partial charge in [0.25, 0.3) is 0 Å². The number of aryl methyl sites for hydroxylation is 1. The summed E-state index contributed by atoms with van der Waals surface area (Å²) in [7, 11) is 0. The first-order valence-electron chi connectivity index (χ1n) is 8.12. The van der Waals surface area contributed by atoms with Crippen molar-refractivity contribution in [3.8, 4) is 5.75 Å². The summed E-state index contributed by atoms with van der Waals surface area (Å²) in [5.41, 5.74) is 2.66. The third-order valence-corrected chi connectivity index (χ3v) is 4.11. The van der Waals surface area contributed by atoms with Crippen LogP contribution >= 0.6 is 0 Å². The SMILES string of the molecule is CCOc1cccc(N2CCc3cnc(CC)nc3C2)c1[N+](=O)[O-]. The third kappa shape index (κ3) is 3.02. The van der Waals surface area contributed by atoms with Crippen LogP contribution in [0.4, 0.5) is 11.4 Å². The van der Waals surface area contributed by atoms with E-state index in [2.05, 4.69) is 9.97 Å². The highest BCUT2D eigenvalue weighted by molar-refractivity contribution is 5.70. The Morgan fingerprint density at radius 3 is 2.92 bits per heavy atom. The van der Waals surface area contributed by atoms with E-state index in [0.29, 0.717) is 31.1 Å². The van der Waals surface area contributed by atoms with Crippen molar-refractivity contribution in [3.63, 3.8) is 0 Å². The van der Waals surface area contributed by atoms with Crippen molar-refractivity contribution in [2.75, 3.05) is 18.1 Å². The molecule has 0 amide bonds. The van der Waals surface area contributed by atoms with Crippen molar-refractivity contribution in [3.05, 3.63) is 51.6 Å². The van der Waals surface area contributed by atoms with Crippen LogP contribution in [-0.2, 0) is 19.4 Å². The molecule has 0 atom stereocenters. The van der Waals surface area contributed by atoms with E-state index in [1.54, 1.807) is 18.2 Å². The molecule has 0 spiro atoms. The quantitative estimate of drug-likeness (QED) is 0.620. The van der Waals surface area contributed by atoms with Gasteiger partial charge in [0.15, 0.2) is 5.75 Å². The second kappa shape index (κ2) is 6.82. The molecule has 7 heteroatoms. The fourth-order valence-electron chi connectivity index (χ4n) is 2.94. The lowest BCUT2D eigenvalue weighted by Crippen LogP contribution is -2.32. The number of benzene rings is 1. The zero-order chi connectivity index (χ0) is 17.1. The van der Waals surface area contributed by atoms with E-state index < -0.39 is 0 Å². The first-order chi connectivity index (χ1) is 11.6. The number of anilines is 1. The lowest BCUT2D eigenvalue weighted by atomic mass is 10.1. The molecule has 0 radical (unpaired) electrons. The zero-order valence-electron chi connectivity index (χ0n) is 13.9. The molecule has 24 heavy (non-hydrogen) atoms. The zero-order valence-corrected chi connectivity index (χ0v) is 13.9. The maximum absolute atomic E-state index is 11.6. The minimum Gasteiger partial charge on any atom is -0.487 e. The molecular weight excluding hydrogens is 308 g/mol. The summed E-state index contributed by atoms with van der Waals surface area (Å²) in [6.07, 6.45) is 3.42. The summed E-state index contributed by atoms with van der Waals surface area (Å²) in [6.45, 7) is 5.45. The molecule has 0 saturated heterocycles. The van der Waals surface area contributed by atoms with Crippen molar-refractivity contribution < 1.29 is 9.66 Å². The number of ether oxygens (including phenoxy) is 1. The van der Waals surface area contributed by atoms with Crippen molar-refractivity contribution in [1.82, 2.24) is 9.97 Å². The highest BCUT2D eigenvalue weighted by atomic mass is 16.6. The number of hydrogen-bond acceptors (Lipinski definition) is 6. The number of rotatable bonds is 5. The summed E-state index contributed by atoms with van der Waals surface area (Å²) in [5, 5.41) is 11.6. The Morgan fingerprint density at radius 1 is 1.38 bits per heavy atom. The van der Waals surface area contributed by atoms with Crippen LogP contribution in [0.25, 0.3) is 0 Å². The maximum Gasteiger partial charge on any atom is 0.333 e. The molecule has 0 saturated carbocycles. The second-order valence-electron chi connectivity index (χ2n) is 5.60. The Hall–Kier alpha value is -2.70. The van der Waals surface area contributed by atoms with Gasteiger partial charge in [-0.05, 0) is 31.0 Å². The Labute approximate surface area is 140 Å². The molecule has 126 valence electrons. The van der Waals surface area contributed by atoms with Crippen LogP contribution in [0.2, 0.25) is 0 Å². The molecule has 0 aliphatic carbocycles. The summed E-state index contributed by atoms with van der Waals surface area (Å²) in [5.74, 6) is 1.11. The van der Waals surface area contributed by atoms with Crippen LogP contribution in [0.15, 0.2) is 24.4 Å². The van der Waals surface area contributed by atoms with Gasteiger partial charge in [-0.1, -0.05) is 13.0 Å². The number of hydrogen-bond donors (Lipinski definition) is 0. The van der Waals surface area contributed by atoms with Crippen LogP contribution < -0.4 is 9.64 Å². The van der Waals surface area contributed by atoms with E-state index in [4.69, 9.17) is 4.74 Å². The molecule has 7 nitrogen and oxygen atoms in total. The predicted molar refractivity (Wildman–Crippen MR) is 90.4 cm³/mol. The molecule has 1 aliphatic rings. The molecule has 1 aromatic heterocycles. The lowest BCUT2D eigenvalue weighted by Gasteiger charge is -2.29. The van der Waals surface area contributed by atoms with E-state index in [1.807, 2.05) is 24.9 Å². The van der Waals surface area contributed by atoms with Crippen LogP contribution in [0.3, 0.4) is 0 Å². The summed E-state index contributed by atoms with van der Waals surface area (Å²) in [4.78, 5) is 22.1. The van der Waals surface area contributed by atoms with E-state index in [9.17, 15) is 10.1 Å². The highest BCUT2D eigenvalue weighted by Gasteiger charge is 2.28. The van der Waals surface area contributed by atoms with Gasteiger partial charge in [-0.3, -0.25) is 10.1 Å². The molecule has 0 bridgehead atoms. The van der Waals surface area contributed by atoms with Crippen molar-refractivity contribution >= 4 is 11.4 Å². The Morgan fingerprint density at radius 2 is 2.21 bits per heavy atom. The Balaban J connectivity index is 1.98. The monoisotopic (exact) mass is 328 g/mol. The van der Waals surface area contributed by atoms with Crippen molar-refractivity contribution in [1.29, 1.82) is 0 Å². The van der Waals surface area contributed by atoms with Gasteiger partial charge < -0.3 is 9.64 Å². The fraction of sp³-hybridized carbons (Fsp3) is 0.412. The topological polar surface area (TPSA) is 81.4 Å². The molecule has 0 fully saturated rings. The molecule has 2 heterocycles. The maximum atomic E-state index is 11.6. The molecule has 1 aliphatic heterocycles. The van der Waals surface area contributed by atoms with Gasteiger partial charge in [0.05, 0.1) is 23.8 Å². The van der Waals surface area contributed by atoms with E-state index in [0.717, 1.165) is 29.9 Å². The molecule has 0 unspecified atom stereocenters. The average molecular weight is 328 g/mol. The average Bonchev–Trinajstić information content (AvgIpc) is 2.60. The smallest absolute Gasteiger partial charge is 0.333 e. The van der Waals surface area contributed by atoms with Gasteiger partial charge in [0.1, 0.15) is 11.5 Å². The fourth-order valence-corrected chi connectivity index (χ4v) is 2.94. The molecule has 2 aromatic rings. The van der Waals surface area contributed by atoms with Gasteiger partial charge in [-0.2, -0.15) is 0 Å².